The minimum absolute atomic E-state index is 0.0852. The number of carbonyl (C=O) groups excluding carboxylic acids is 1. The number of morpholine rings is 1. The van der Waals surface area contributed by atoms with E-state index in [-0.39, 0.29) is 11.9 Å². The summed E-state index contributed by atoms with van der Waals surface area (Å²) in [5.41, 5.74) is 1.76. The third-order valence-electron chi connectivity index (χ3n) is 4.80. The fourth-order valence-electron chi connectivity index (χ4n) is 3.21. The van der Waals surface area contributed by atoms with Crippen molar-refractivity contribution < 1.29 is 19.0 Å². The molecule has 1 aliphatic rings. The Balaban J connectivity index is 1.70. The molecule has 3 rings (SSSR count). The van der Waals surface area contributed by atoms with E-state index in [9.17, 15) is 4.79 Å². The first-order valence-electron chi connectivity index (χ1n) is 9.09. The van der Waals surface area contributed by atoms with Gasteiger partial charge >= 0.3 is 0 Å². The molecule has 1 unspecified atom stereocenters. The molecule has 0 bridgehead atoms. The quantitative estimate of drug-likeness (QED) is 0.812. The molecule has 1 amide bonds. The summed E-state index contributed by atoms with van der Waals surface area (Å²) in [6.07, 6.45) is 0. The first kappa shape index (κ1) is 19.2. The van der Waals surface area contributed by atoms with Gasteiger partial charge in [-0.1, -0.05) is 12.1 Å². The summed E-state index contributed by atoms with van der Waals surface area (Å²) in [6, 6.07) is 15.2. The van der Waals surface area contributed by atoms with E-state index in [2.05, 4.69) is 22.3 Å². The first-order valence-corrected chi connectivity index (χ1v) is 9.09. The van der Waals surface area contributed by atoms with E-state index in [1.165, 1.54) is 0 Å². The molecule has 6 nitrogen and oxygen atoms in total. The van der Waals surface area contributed by atoms with Crippen molar-refractivity contribution in [2.75, 3.05) is 47.1 Å². The van der Waals surface area contributed by atoms with Gasteiger partial charge in [-0.05, 0) is 42.0 Å². The fraction of sp³-hybridized carbons (Fsp3) is 0.381. The highest BCUT2D eigenvalue weighted by Crippen LogP contribution is 2.24. The average Bonchev–Trinajstić information content (AvgIpc) is 2.75. The van der Waals surface area contributed by atoms with Crippen LogP contribution in [0.3, 0.4) is 0 Å². The van der Waals surface area contributed by atoms with Crippen LogP contribution in [0.1, 0.15) is 22.0 Å². The van der Waals surface area contributed by atoms with Crippen LogP contribution < -0.4 is 14.8 Å². The maximum Gasteiger partial charge on any atom is 0.251 e. The highest BCUT2D eigenvalue weighted by atomic mass is 16.5. The second-order valence-corrected chi connectivity index (χ2v) is 6.38. The van der Waals surface area contributed by atoms with Crippen LogP contribution in [-0.2, 0) is 4.74 Å². The van der Waals surface area contributed by atoms with Crippen LogP contribution in [0.25, 0.3) is 0 Å². The molecule has 0 aliphatic carbocycles. The summed E-state index contributed by atoms with van der Waals surface area (Å²) in [7, 11) is 3.26. The Morgan fingerprint density at radius 3 is 2.11 bits per heavy atom. The van der Waals surface area contributed by atoms with Gasteiger partial charge in [-0.2, -0.15) is 0 Å². The largest absolute Gasteiger partial charge is 0.497 e. The van der Waals surface area contributed by atoms with E-state index in [0.717, 1.165) is 30.2 Å². The lowest BCUT2D eigenvalue weighted by Crippen LogP contribution is -2.43. The van der Waals surface area contributed by atoms with Crippen molar-refractivity contribution in [3.63, 3.8) is 0 Å². The lowest BCUT2D eigenvalue weighted by molar-refractivity contribution is 0.0162. The van der Waals surface area contributed by atoms with Crippen LogP contribution in [0, 0.1) is 0 Å². The number of hydrogen-bond donors (Lipinski definition) is 1. The molecule has 1 atom stereocenters. The third-order valence-corrected chi connectivity index (χ3v) is 4.80. The van der Waals surface area contributed by atoms with Gasteiger partial charge in [0.1, 0.15) is 11.5 Å². The van der Waals surface area contributed by atoms with E-state index < -0.39 is 0 Å². The molecule has 1 fully saturated rings. The number of rotatable bonds is 7. The van der Waals surface area contributed by atoms with E-state index >= 15 is 0 Å². The van der Waals surface area contributed by atoms with Crippen LogP contribution in [0.15, 0.2) is 48.5 Å². The van der Waals surface area contributed by atoms with Gasteiger partial charge in [0, 0.05) is 25.2 Å². The monoisotopic (exact) mass is 370 g/mol. The number of nitrogens with one attached hydrogen (secondary N) is 1. The molecule has 0 radical (unpaired) electrons. The molecule has 1 N–H and O–H groups in total. The number of methoxy groups -OCH3 is 2. The van der Waals surface area contributed by atoms with Crippen molar-refractivity contribution in [1.82, 2.24) is 10.2 Å². The summed E-state index contributed by atoms with van der Waals surface area (Å²) < 4.78 is 15.9. The molecule has 6 heteroatoms. The molecular weight excluding hydrogens is 344 g/mol. The summed E-state index contributed by atoms with van der Waals surface area (Å²) in [6.45, 7) is 3.62. The molecule has 0 aromatic heterocycles. The van der Waals surface area contributed by atoms with Crippen LogP contribution in [0.2, 0.25) is 0 Å². The maximum absolute atomic E-state index is 12.5. The number of amides is 1. The van der Waals surface area contributed by atoms with Gasteiger partial charge in [0.05, 0.1) is 33.5 Å². The Morgan fingerprint density at radius 2 is 1.56 bits per heavy atom. The molecule has 27 heavy (non-hydrogen) atoms. The second kappa shape index (κ2) is 9.39. The zero-order valence-electron chi connectivity index (χ0n) is 15.8. The molecule has 2 aromatic rings. The van der Waals surface area contributed by atoms with Crippen LogP contribution in [0.4, 0.5) is 0 Å². The number of hydrogen-bond acceptors (Lipinski definition) is 5. The molecule has 0 saturated carbocycles. The minimum atomic E-state index is -0.0931. The summed E-state index contributed by atoms with van der Waals surface area (Å²) >= 11 is 0. The zero-order valence-corrected chi connectivity index (χ0v) is 15.8. The molecule has 1 saturated heterocycles. The predicted molar refractivity (Wildman–Crippen MR) is 103 cm³/mol. The number of benzene rings is 2. The number of ether oxygens (including phenoxy) is 3. The van der Waals surface area contributed by atoms with Gasteiger partial charge in [-0.25, -0.2) is 0 Å². The molecule has 2 aromatic carbocycles. The highest BCUT2D eigenvalue weighted by Gasteiger charge is 2.23. The van der Waals surface area contributed by atoms with Gasteiger partial charge in [-0.15, -0.1) is 0 Å². The summed E-state index contributed by atoms with van der Waals surface area (Å²) in [5.74, 6) is 1.46. The minimum Gasteiger partial charge on any atom is -0.497 e. The highest BCUT2D eigenvalue weighted by molar-refractivity contribution is 5.94. The van der Waals surface area contributed by atoms with E-state index in [1.54, 1.807) is 38.5 Å². The van der Waals surface area contributed by atoms with Crippen molar-refractivity contribution in [1.29, 1.82) is 0 Å². The third kappa shape index (κ3) is 4.99. The number of nitrogens with zero attached hydrogens (tertiary/aromatic N) is 1. The Labute approximate surface area is 160 Å². The van der Waals surface area contributed by atoms with Gasteiger partial charge in [0.15, 0.2) is 0 Å². The maximum atomic E-state index is 12.5. The Kier molecular flexibility index (Phi) is 6.68. The fourth-order valence-corrected chi connectivity index (χ4v) is 3.21. The van der Waals surface area contributed by atoms with E-state index in [4.69, 9.17) is 14.2 Å². The topological polar surface area (TPSA) is 60.0 Å². The van der Waals surface area contributed by atoms with Crippen molar-refractivity contribution >= 4 is 5.91 Å². The molecule has 0 spiro atoms. The number of carbonyl (C=O) groups is 1. The SMILES string of the molecule is COc1ccc(C(=O)NCC(c2ccc(OC)cc2)N2CCOCC2)cc1. The van der Waals surface area contributed by atoms with Crippen molar-refractivity contribution in [2.24, 2.45) is 0 Å². The van der Waals surface area contributed by atoms with Crippen LogP contribution in [0.5, 0.6) is 11.5 Å². The lowest BCUT2D eigenvalue weighted by Gasteiger charge is -2.35. The Bertz CT molecular complexity index is 725. The molecular formula is C21H26N2O4. The van der Waals surface area contributed by atoms with Crippen LogP contribution >= 0.6 is 0 Å². The molecule has 144 valence electrons. The summed E-state index contributed by atoms with van der Waals surface area (Å²) in [4.78, 5) is 14.9. The van der Waals surface area contributed by atoms with Gasteiger partial charge in [-0.3, -0.25) is 9.69 Å². The smallest absolute Gasteiger partial charge is 0.251 e. The van der Waals surface area contributed by atoms with E-state index in [0.29, 0.717) is 25.3 Å². The van der Waals surface area contributed by atoms with Gasteiger partial charge in [0.2, 0.25) is 0 Å². The molecule has 1 heterocycles. The predicted octanol–water partition coefficient (Wildman–Crippen LogP) is 2.51. The lowest BCUT2D eigenvalue weighted by atomic mass is 10.0. The van der Waals surface area contributed by atoms with Gasteiger partial charge < -0.3 is 19.5 Å². The van der Waals surface area contributed by atoms with Crippen molar-refractivity contribution in [3.8, 4) is 11.5 Å². The standard InChI is InChI=1S/C21H26N2O4/c1-25-18-7-3-16(4-8-18)20(23-11-13-27-14-12-23)15-22-21(24)17-5-9-19(26-2)10-6-17/h3-10,20H,11-15H2,1-2H3,(H,22,24). The normalized spacial score (nSPS) is 15.8. The van der Waals surface area contributed by atoms with Crippen molar-refractivity contribution in [2.45, 2.75) is 6.04 Å². The van der Waals surface area contributed by atoms with Crippen LogP contribution in [-0.4, -0.2) is 57.9 Å². The summed E-state index contributed by atoms with van der Waals surface area (Å²) in [5, 5.41) is 3.07. The molecule has 1 aliphatic heterocycles. The zero-order chi connectivity index (χ0) is 19.1. The first-order chi connectivity index (χ1) is 13.2. The Morgan fingerprint density at radius 1 is 1.00 bits per heavy atom. The van der Waals surface area contributed by atoms with Crippen molar-refractivity contribution in [3.05, 3.63) is 59.7 Å². The van der Waals surface area contributed by atoms with E-state index in [1.807, 2.05) is 12.1 Å². The second-order valence-electron chi connectivity index (χ2n) is 6.38. The van der Waals surface area contributed by atoms with Gasteiger partial charge in [0.25, 0.3) is 5.91 Å². The Hall–Kier alpha value is -2.57. The average molecular weight is 370 g/mol.